The Morgan fingerprint density at radius 2 is 1.90 bits per heavy atom. The lowest BCUT2D eigenvalue weighted by atomic mass is 10.1. The maximum Gasteiger partial charge on any atom is 0.416 e. The molecule has 6 heteroatoms. The highest BCUT2D eigenvalue weighted by molar-refractivity contribution is 5.85. The molecular formula is C15H20ClF3N2. The van der Waals surface area contributed by atoms with Crippen molar-refractivity contribution in [3.05, 3.63) is 35.4 Å². The Hall–Kier alpha value is -0.780. The van der Waals surface area contributed by atoms with Gasteiger partial charge in [-0.25, -0.2) is 0 Å². The van der Waals surface area contributed by atoms with Gasteiger partial charge < -0.3 is 5.32 Å². The highest BCUT2D eigenvalue weighted by Gasteiger charge is 2.31. The van der Waals surface area contributed by atoms with Gasteiger partial charge in [0.2, 0.25) is 0 Å². The predicted octanol–water partition coefficient (Wildman–Crippen LogP) is 3.45. The van der Waals surface area contributed by atoms with E-state index < -0.39 is 11.7 Å². The monoisotopic (exact) mass is 320 g/mol. The van der Waals surface area contributed by atoms with Gasteiger partial charge in [0, 0.05) is 31.7 Å². The van der Waals surface area contributed by atoms with Gasteiger partial charge in [-0.2, -0.15) is 13.2 Å². The summed E-state index contributed by atoms with van der Waals surface area (Å²) >= 11 is 0. The molecule has 0 radical (unpaired) electrons. The fourth-order valence-corrected chi connectivity index (χ4v) is 3.26. The van der Waals surface area contributed by atoms with Crippen LogP contribution in [0.25, 0.3) is 0 Å². The van der Waals surface area contributed by atoms with Crippen LogP contribution >= 0.6 is 12.4 Å². The number of hydrogen-bond acceptors (Lipinski definition) is 2. The molecule has 0 amide bonds. The maximum atomic E-state index is 12.7. The molecule has 2 atom stereocenters. The Morgan fingerprint density at radius 3 is 2.67 bits per heavy atom. The number of likely N-dealkylation sites (tertiary alicyclic amines) is 1. The Labute approximate surface area is 129 Å². The van der Waals surface area contributed by atoms with Crippen LogP contribution in [-0.2, 0) is 12.7 Å². The summed E-state index contributed by atoms with van der Waals surface area (Å²) in [6.07, 6.45) is -0.739. The Kier molecular flexibility index (Phi) is 5.17. The van der Waals surface area contributed by atoms with E-state index in [0.29, 0.717) is 18.6 Å². The number of alkyl halides is 3. The summed E-state index contributed by atoms with van der Waals surface area (Å²) in [5, 5.41) is 3.58. The van der Waals surface area contributed by atoms with E-state index in [2.05, 4.69) is 10.2 Å². The lowest BCUT2D eigenvalue weighted by Crippen LogP contribution is -2.35. The summed E-state index contributed by atoms with van der Waals surface area (Å²) in [7, 11) is 0. The molecule has 1 N–H and O–H groups in total. The molecule has 0 aromatic heterocycles. The van der Waals surface area contributed by atoms with Gasteiger partial charge in [-0.1, -0.05) is 18.2 Å². The van der Waals surface area contributed by atoms with Crippen molar-refractivity contribution in [2.24, 2.45) is 0 Å². The van der Waals surface area contributed by atoms with E-state index in [1.165, 1.54) is 25.0 Å². The first kappa shape index (κ1) is 16.6. The number of hydrogen-bond donors (Lipinski definition) is 1. The molecule has 2 nitrogen and oxygen atoms in total. The second-order valence-electron chi connectivity index (χ2n) is 5.86. The molecule has 0 aliphatic carbocycles. The van der Waals surface area contributed by atoms with Crippen LogP contribution in [0.2, 0.25) is 0 Å². The molecule has 2 fully saturated rings. The third kappa shape index (κ3) is 4.11. The van der Waals surface area contributed by atoms with E-state index in [1.807, 2.05) is 0 Å². The smallest absolute Gasteiger partial charge is 0.310 e. The largest absolute Gasteiger partial charge is 0.416 e. The first-order chi connectivity index (χ1) is 9.50. The van der Waals surface area contributed by atoms with Crippen LogP contribution in [0.5, 0.6) is 0 Å². The summed E-state index contributed by atoms with van der Waals surface area (Å²) in [5.41, 5.74) is 0.196. The number of nitrogens with one attached hydrogen (secondary N) is 1. The fraction of sp³-hybridized carbons (Fsp3) is 0.600. The first-order valence-electron chi connectivity index (χ1n) is 7.15. The minimum absolute atomic E-state index is 0. The Bertz CT molecular complexity index is 478. The highest BCUT2D eigenvalue weighted by Crippen LogP contribution is 2.30. The normalized spacial score (nSPS) is 26.2. The van der Waals surface area contributed by atoms with E-state index in [4.69, 9.17) is 0 Å². The second kappa shape index (κ2) is 6.55. The van der Waals surface area contributed by atoms with Crippen LogP contribution in [0.1, 0.15) is 30.4 Å². The van der Waals surface area contributed by atoms with Crippen molar-refractivity contribution in [2.75, 3.05) is 13.1 Å². The van der Waals surface area contributed by atoms with Gasteiger partial charge in [-0.05, 0) is 30.9 Å². The van der Waals surface area contributed by atoms with Crippen molar-refractivity contribution in [1.29, 1.82) is 0 Å². The summed E-state index contributed by atoms with van der Waals surface area (Å²) in [6.45, 7) is 2.51. The lowest BCUT2D eigenvalue weighted by molar-refractivity contribution is -0.137. The van der Waals surface area contributed by atoms with E-state index >= 15 is 0 Å². The number of rotatable bonds is 2. The van der Waals surface area contributed by atoms with Crippen molar-refractivity contribution in [1.82, 2.24) is 10.2 Å². The van der Waals surface area contributed by atoms with Crippen molar-refractivity contribution in [3.8, 4) is 0 Å². The van der Waals surface area contributed by atoms with E-state index in [9.17, 15) is 13.2 Å². The standard InChI is InChI=1S/C15H19F3N2.ClH/c16-15(17,18)12-3-1-2-11(8-12)9-20-7-6-13-4-5-14(10-20)19-13;/h1-3,8,13-14,19H,4-7,9-10H2;1H. The van der Waals surface area contributed by atoms with Gasteiger partial charge in [0.15, 0.2) is 0 Å². The second-order valence-corrected chi connectivity index (χ2v) is 5.86. The molecule has 118 valence electrons. The summed E-state index contributed by atoms with van der Waals surface area (Å²) in [4.78, 5) is 2.27. The molecule has 1 aromatic carbocycles. The van der Waals surface area contributed by atoms with Crippen LogP contribution in [0.15, 0.2) is 24.3 Å². The fourth-order valence-electron chi connectivity index (χ4n) is 3.26. The molecule has 21 heavy (non-hydrogen) atoms. The number of fused-ring (bicyclic) bond motifs is 2. The van der Waals surface area contributed by atoms with Crippen molar-refractivity contribution in [2.45, 2.75) is 44.1 Å². The SMILES string of the molecule is Cl.FC(F)(F)c1cccc(CN2CCC3CCC(C2)N3)c1. The van der Waals surface area contributed by atoms with Crippen LogP contribution in [0, 0.1) is 0 Å². The van der Waals surface area contributed by atoms with Crippen molar-refractivity contribution >= 4 is 12.4 Å². The average Bonchev–Trinajstić information content (AvgIpc) is 2.72. The first-order valence-corrected chi connectivity index (χ1v) is 7.15. The Balaban J connectivity index is 0.00000161. The number of halogens is 4. The molecule has 2 bridgehead atoms. The molecule has 2 aliphatic heterocycles. The van der Waals surface area contributed by atoms with Gasteiger partial charge >= 0.3 is 6.18 Å². The predicted molar refractivity (Wildman–Crippen MR) is 78.5 cm³/mol. The zero-order valence-corrected chi connectivity index (χ0v) is 12.5. The number of nitrogens with zero attached hydrogens (tertiary/aromatic N) is 1. The summed E-state index contributed by atoms with van der Waals surface area (Å²) < 4.78 is 38.1. The minimum atomic E-state index is -4.25. The van der Waals surface area contributed by atoms with E-state index in [-0.39, 0.29) is 12.4 Å². The zero-order chi connectivity index (χ0) is 14.2. The van der Waals surface area contributed by atoms with Crippen LogP contribution < -0.4 is 5.32 Å². The molecule has 2 heterocycles. The van der Waals surface area contributed by atoms with E-state index in [0.717, 1.165) is 31.1 Å². The maximum absolute atomic E-state index is 12.7. The van der Waals surface area contributed by atoms with Gasteiger partial charge in [-0.3, -0.25) is 4.90 Å². The quantitative estimate of drug-likeness (QED) is 0.898. The van der Waals surface area contributed by atoms with Crippen LogP contribution in [0.3, 0.4) is 0 Å². The summed E-state index contributed by atoms with van der Waals surface area (Å²) in [6, 6.07) is 6.80. The molecule has 1 aromatic rings. The van der Waals surface area contributed by atoms with Gasteiger partial charge in [-0.15, -0.1) is 12.4 Å². The Morgan fingerprint density at radius 1 is 1.14 bits per heavy atom. The molecule has 0 spiro atoms. The molecule has 3 rings (SSSR count). The highest BCUT2D eigenvalue weighted by atomic mass is 35.5. The molecule has 2 unspecified atom stereocenters. The molecule has 2 saturated heterocycles. The van der Waals surface area contributed by atoms with Crippen molar-refractivity contribution < 1.29 is 13.2 Å². The van der Waals surface area contributed by atoms with Gasteiger partial charge in [0.05, 0.1) is 5.56 Å². The average molecular weight is 321 g/mol. The number of benzene rings is 1. The molecular weight excluding hydrogens is 301 g/mol. The van der Waals surface area contributed by atoms with Gasteiger partial charge in [0.1, 0.15) is 0 Å². The molecule has 2 aliphatic rings. The van der Waals surface area contributed by atoms with E-state index in [1.54, 1.807) is 6.07 Å². The van der Waals surface area contributed by atoms with Crippen LogP contribution in [-0.4, -0.2) is 30.1 Å². The third-order valence-corrected chi connectivity index (χ3v) is 4.27. The lowest BCUT2D eigenvalue weighted by Gasteiger charge is -2.24. The van der Waals surface area contributed by atoms with Crippen LogP contribution in [0.4, 0.5) is 13.2 Å². The van der Waals surface area contributed by atoms with Gasteiger partial charge in [0.25, 0.3) is 0 Å². The molecule has 0 saturated carbocycles. The summed E-state index contributed by atoms with van der Waals surface area (Å²) in [5.74, 6) is 0. The topological polar surface area (TPSA) is 15.3 Å². The third-order valence-electron chi connectivity index (χ3n) is 4.27. The minimum Gasteiger partial charge on any atom is -0.310 e. The zero-order valence-electron chi connectivity index (χ0n) is 11.7. The van der Waals surface area contributed by atoms with Crippen molar-refractivity contribution in [3.63, 3.8) is 0 Å².